The Hall–Kier alpha value is -4.20. The van der Waals surface area contributed by atoms with Crippen LogP contribution < -0.4 is 11.3 Å². The van der Waals surface area contributed by atoms with E-state index in [0.29, 0.717) is 36.3 Å². The monoisotopic (exact) mass is 553 g/mol. The summed E-state index contributed by atoms with van der Waals surface area (Å²) in [6.07, 6.45) is 7.81. The highest BCUT2D eigenvalue weighted by molar-refractivity contribution is 6.06. The molecule has 2 amide bonds. The molecule has 8 heteroatoms. The van der Waals surface area contributed by atoms with Gasteiger partial charge >= 0.3 is 0 Å². The van der Waals surface area contributed by atoms with Crippen molar-refractivity contribution >= 4 is 40.2 Å². The second-order valence-electron chi connectivity index (χ2n) is 11.1. The first-order valence-corrected chi connectivity index (χ1v) is 14.7. The number of likely N-dealkylation sites (tertiary alicyclic amines) is 1. The fourth-order valence-corrected chi connectivity index (χ4v) is 5.84. The molecule has 1 fully saturated rings. The molecule has 2 N–H and O–H groups in total. The van der Waals surface area contributed by atoms with E-state index in [9.17, 15) is 14.4 Å². The van der Waals surface area contributed by atoms with Gasteiger partial charge in [-0.25, -0.2) is 4.99 Å². The molecule has 5 rings (SSSR count). The Kier molecular flexibility index (Phi) is 8.38. The summed E-state index contributed by atoms with van der Waals surface area (Å²) < 4.78 is 1.50. The number of rotatable bonds is 8. The SMILES string of the molecule is CCCN(CCC)C(=O)C1=Cc2c(C)cc(-c3ccc4c(=O)n(CC(=O)N5CCCC5)ccc4c3)cc2N=C(N)C1. The molecule has 2 aromatic carbocycles. The number of hydrogen-bond acceptors (Lipinski definition) is 5. The first kappa shape index (κ1) is 28.3. The molecule has 8 nitrogen and oxygen atoms in total. The van der Waals surface area contributed by atoms with Gasteiger partial charge in [-0.2, -0.15) is 0 Å². The van der Waals surface area contributed by atoms with Gasteiger partial charge in [-0.3, -0.25) is 14.4 Å². The number of pyridine rings is 1. The number of carbonyl (C=O) groups excluding carboxylic acids is 2. The van der Waals surface area contributed by atoms with Crippen LogP contribution in [0.2, 0.25) is 0 Å². The van der Waals surface area contributed by atoms with Crippen LogP contribution in [-0.4, -0.2) is 58.2 Å². The van der Waals surface area contributed by atoms with E-state index in [2.05, 4.69) is 19.9 Å². The Morgan fingerprint density at radius 3 is 2.44 bits per heavy atom. The number of nitrogens with two attached hydrogens (primary N) is 1. The lowest BCUT2D eigenvalue weighted by molar-refractivity contribution is -0.130. The summed E-state index contributed by atoms with van der Waals surface area (Å²) in [6.45, 7) is 9.20. The summed E-state index contributed by atoms with van der Waals surface area (Å²) >= 11 is 0. The molecule has 0 unspecified atom stereocenters. The number of amides is 2. The van der Waals surface area contributed by atoms with Gasteiger partial charge in [0, 0.05) is 55.3 Å². The van der Waals surface area contributed by atoms with Crippen molar-refractivity contribution in [3.8, 4) is 11.1 Å². The maximum absolute atomic E-state index is 13.4. The van der Waals surface area contributed by atoms with E-state index >= 15 is 0 Å². The number of hydrogen-bond donors (Lipinski definition) is 1. The molecular weight excluding hydrogens is 514 g/mol. The number of fused-ring (bicyclic) bond motifs is 2. The quantitative estimate of drug-likeness (QED) is 0.423. The van der Waals surface area contributed by atoms with Crippen molar-refractivity contribution < 1.29 is 9.59 Å². The average Bonchev–Trinajstić information content (AvgIpc) is 3.44. The van der Waals surface area contributed by atoms with Gasteiger partial charge in [0.25, 0.3) is 5.56 Å². The van der Waals surface area contributed by atoms with E-state index in [4.69, 9.17) is 10.7 Å². The zero-order valence-electron chi connectivity index (χ0n) is 24.3. The van der Waals surface area contributed by atoms with Crippen molar-refractivity contribution in [2.75, 3.05) is 26.2 Å². The summed E-state index contributed by atoms with van der Waals surface area (Å²) in [7, 11) is 0. The first-order chi connectivity index (χ1) is 19.8. The van der Waals surface area contributed by atoms with E-state index in [1.807, 2.05) is 53.1 Å². The number of amidine groups is 1. The Labute approximate surface area is 241 Å². The second-order valence-corrected chi connectivity index (χ2v) is 11.1. The maximum atomic E-state index is 13.4. The summed E-state index contributed by atoms with van der Waals surface area (Å²) in [5.74, 6) is 0.420. The van der Waals surface area contributed by atoms with Gasteiger partial charge < -0.3 is 20.1 Å². The molecule has 0 spiro atoms. The van der Waals surface area contributed by atoms with Crippen LogP contribution in [0.4, 0.5) is 5.69 Å². The lowest BCUT2D eigenvalue weighted by Gasteiger charge is -2.22. The van der Waals surface area contributed by atoms with Crippen LogP contribution in [0.15, 0.2) is 58.0 Å². The Morgan fingerprint density at radius 1 is 1.00 bits per heavy atom. The number of aryl methyl sites for hydroxylation is 1. The minimum Gasteiger partial charge on any atom is -0.387 e. The van der Waals surface area contributed by atoms with Crippen molar-refractivity contribution in [2.45, 2.75) is 59.4 Å². The number of carbonyl (C=O) groups is 2. The molecule has 2 aliphatic rings. The Bertz CT molecular complexity index is 1610. The molecule has 0 aliphatic carbocycles. The lowest BCUT2D eigenvalue weighted by atomic mass is 9.95. The third-order valence-electron chi connectivity index (χ3n) is 7.94. The molecule has 0 radical (unpaired) electrons. The van der Waals surface area contributed by atoms with Crippen molar-refractivity contribution in [1.29, 1.82) is 0 Å². The van der Waals surface area contributed by atoms with Gasteiger partial charge in [0.15, 0.2) is 0 Å². The van der Waals surface area contributed by atoms with Gasteiger partial charge in [0.05, 0.1) is 5.69 Å². The minimum absolute atomic E-state index is 0.0109. The van der Waals surface area contributed by atoms with Crippen molar-refractivity contribution in [2.24, 2.45) is 10.7 Å². The highest BCUT2D eigenvalue weighted by atomic mass is 16.2. The number of aliphatic imine (C=N–C) groups is 1. The number of benzene rings is 2. The predicted molar refractivity (Wildman–Crippen MR) is 165 cm³/mol. The summed E-state index contributed by atoms with van der Waals surface area (Å²) in [4.78, 5) is 47.6. The number of nitrogens with zero attached hydrogens (tertiary/aromatic N) is 4. The number of aromatic nitrogens is 1. The highest BCUT2D eigenvalue weighted by Gasteiger charge is 2.22. The molecular formula is C33H39N5O3. The van der Waals surface area contributed by atoms with Gasteiger partial charge in [0.1, 0.15) is 12.4 Å². The molecule has 0 bridgehead atoms. The normalized spacial score (nSPS) is 14.9. The van der Waals surface area contributed by atoms with Gasteiger partial charge in [-0.1, -0.05) is 26.0 Å². The minimum atomic E-state index is -0.167. The molecule has 1 aromatic heterocycles. The van der Waals surface area contributed by atoms with Crippen LogP contribution in [-0.2, 0) is 16.1 Å². The molecule has 3 aromatic rings. The largest absolute Gasteiger partial charge is 0.387 e. The van der Waals surface area contributed by atoms with E-state index in [-0.39, 0.29) is 23.9 Å². The standard InChI is InChI=1S/C33H39N5O3/c1-4-11-37(12-5-2)32(40)26-18-28-22(3)16-25(19-29(28)35-30(34)20-26)23-8-9-27-24(17-23)10-15-38(33(27)41)21-31(39)36-13-6-7-14-36/h8-10,15-19H,4-7,11-14,20-21H2,1-3H3,(H2,34,35). The second kappa shape index (κ2) is 12.1. The summed E-state index contributed by atoms with van der Waals surface area (Å²) in [5, 5.41) is 1.39. The molecule has 41 heavy (non-hydrogen) atoms. The van der Waals surface area contributed by atoms with Crippen molar-refractivity contribution in [1.82, 2.24) is 14.4 Å². The summed E-state index contributed by atoms with van der Waals surface area (Å²) in [5.41, 5.74) is 11.3. The molecule has 0 atom stereocenters. The van der Waals surface area contributed by atoms with Gasteiger partial charge in [0.2, 0.25) is 11.8 Å². The Balaban J connectivity index is 1.46. The Morgan fingerprint density at radius 2 is 1.73 bits per heavy atom. The van der Waals surface area contributed by atoms with Crippen LogP contribution in [0.1, 0.15) is 57.1 Å². The van der Waals surface area contributed by atoms with Crippen LogP contribution >= 0.6 is 0 Å². The van der Waals surface area contributed by atoms with Crippen LogP contribution in [0.25, 0.3) is 28.0 Å². The first-order valence-electron chi connectivity index (χ1n) is 14.7. The lowest BCUT2D eigenvalue weighted by Crippen LogP contribution is -2.34. The zero-order valence-corrected chi connectivity index (χ0v) is 24.3. The van der Waals surface area contributed by atoms with Crippen LogP contribution in [0, 0.1) is 6.92 Å². The van der Waals surface area contributed by atoms with Crippen molar-refractivity contribution in [3.05, 3.63) is 69.6 Å². The van der Waals surface area contributed by atoms with E-state index in [0.717, 1.165) is 72.1 Å². The van der Waals surface area contributed by atoms with E-state index in [1.54, 1.807) is 6.20 Å². The molecule has 214 valence electrons. The molecule has 2 aliphatic heterocycles. The molecule has 3 heterocycles. The smallest absolute Gasteiger partial charge is 0.258 e. The maximum Gasteiger partial charge on any atom is 0.258 e. The fraction of sp³-hybridized carbons (Fsp3) is 0.394. The van der Waals surface area contributed by atoms with Crippen LogP contribution in [0.5, 0.6) is 0 Å². The zero-order chi connectivity index (χ0) is 29.1. The van der Waals surface area contributed by atoms with E-state index < -0.39 is 0 Å². The van der Waals surface area contributed by atoms with E-state index in [1.165, 1.54) is 4.57 Å². The molecule has 0 saturated carbocycles. The van der Waals surface area contributed by atoms with Gasteiger partial charge in [-0.15, -0.1) is 0 Å². The van der Waals surface area contributed by atoms with Gasteiger partial charge in [-0.05, 0) is 85.0 Å². The third-order valence-corrected chi connectivity index (χ3v) is 7.94. The predicted octanol–water partition coefficient (Wildman–Crippen LogP) is 5.02. The fourth-order valence-electron chi connectivity index (χ4n) is 5.84. The average molecular weight is 554 g/mol. The third kappa shape index (κ3) is 5.97. The molecule has 1 saturated heterocycles. The van der Waals surface area contributed by atoms with Crippen molar-refractivity contribution in [3.63, 3.8) is 0 Å². The summed E-state index contributed by atoms with van der Waals surface area (Å²) in [6, 6.07) is 11.7. The highest BCUT2D eigenvalue weighted by Crippen LogP contribution is 2.35. The van der Waals surface area contributed by atoms with Crippen LogP contribution in [0.3, 0.4) is 0 Å². The topological polar surface area (TPSA) is 101 Å².